The second-order valence-corrected chi connectivity index (χ2v) is 4.56. The van der Waals surface area contributed by atoms with E-state index in [2.05, 4.69) is 17.2 Å². The number of halogens is 1. The number of hydrogen-bond acceptors (Lipinski definition) is 3. The van der Waals surface area contributed by atoms with E-state index in [0.29, 0.717) is 12.1 Å². The Morgan fingerprint density at radius 3 is 2.85 bits per heavy atom. The van der Waals surface area contributed by atoms with Gasteiger partial charge in [0.25, 0.3) is 5.91 Å². The average Bonchev–Trinajstić information content (AvgIpc) is 2.41. The molecule has 0 spiro atoms. The smallest absolute Gasteiger partial charge is 0.252 e. The molecule has 0 aliphatic rings. The number of aliphatic hydroxyl groups excluding tert-OH is 1. The molecule has 108 valence electrons. The van der Waals surface area contributed by atoms with Crippen LogP contribution in [0.5, 0.6) is 0 Å². The Bertz CT molecular complexity index is 518. The number of hydrogen-bond donors (Lipinski definition) is 2. The lowest BCUT2D eigenvalue weighted by molar-refractivity contribution is 0.0952. The van der Waals surface area contributed by atoms with Gasteiger partial charge in [-0.2, -0.15) is 0 Å². The van der Waals surface area contributed by atoms with Crippen molar-refractivity contribution in [1.29, 1.82) is 0 Å². The molecular formula is C15H19FN2O2. The molecule has 0 fully saturated rings. The molecule has 20 heavy (non-hydrogen) atoms. The lowest BCUT2D eigenvalue weighted by Crippen LogP contribution is -2.27. The second-order valence-electron chi connectivity index (χ2n) is 4.56. The van der Waals surface area contributed by atoms with Gasteiger partial charge in [-0.1, -0.05) is 11.8 Å². The van der Waals surface area contributed by atoms with E-state index >= 15 is 0 Å². The maximum Gasteiger partial charge on any atom is 0.252 e. The van der Waals surface area contributed by atoms with E-state index in [0.717, 1.165) is 13.0 Å². The number of carbonyl (C=O) groups is 1. The first-order chi connectivity index (χ1) is 9.54. The van der Waals surface area contributed by atoms with Gasteiger partial charge in [0, 0.05) is 12.1 Å². The largest absolute Gasteiger partial charge is 0.384 e. The van der Waals surface area contributed by atoms with Crippen molar-refractivity contribution in [2.45, 2.75) is 6.42 Å². The summed E-state index contributed by atoms with van der Waals surface area (Å²) in [6.07, 6.45) is 0.831. The Morgan fingerprint density at radius 2 is 2.20 bits per heavy atom. The van der Waals surface area contributed by atoms with Crippen molar-refractivity contribution in [3.63, 3.8) is 0 Å². The van der Waals surface area contributed by atoms with Crippen LogP contribution in [-0.2, 0) is 0 Å². The van der Waals surface area contributed by atoms with Crippen molar-refractivity contribution >= 4 is 5.91 Å². The van der Waals surface area contributed by atoms with Crippen LogP contribution < -0.4 is 5.32 Å². The van der Waals surface area contributed by atoms with Crippen molar-refractivity contribution in [2.24, 2.45) is 0 Å². The van der Waals surface area contributed by atoms with Crippen LogP contribution in [0.4, 0.5) is 4.39 Å². The molecule has 4 nitrogen and oxygen atoms in total. The second kappa shape index (κ2) is 8.31. The molecule has 0 radical (unpaired) electrons. The molecule has 2 N–H and O–H groups in total. The van der Waals surface area contributed by atoms with Crippen LogP contribution in [0.2, 0.25) is 0 Å². The predicted molar refractivity (Wildman–Crippen MR) is 75.9 cm³/mol. The molecule has 0 aliphatic heterocycles. The Balaban J connectivity index is 2.72. The highest BCUT2D eigenvalue weighted by atomic mass is 19.1. The van der Waals surface area contributed by atoms with E-state index in [1.165, 1.54) is 18.2 Å². The van der Waals surface area contributed by atoms with Crippen LogP contribution in [0.3, 0.4) is 0 Å². The predicted octanol–water partition coefficient (Wildman–Crippen LogP) is 0.851. The van der Waals surface area contributed by atoms with Gasteiger partial charge in [0.2, 0.25) is 0 Å². The van der Waals surface area contributed by atoms with Gasteiger partial charge < -0.3 is 15.3 Å². The van der Waals surface area contributed by atoms with Crippen LogP contribution in [0.25, 0.3) is 0 Å². The summed E-state index contributed by atoms with van der Waals surface area (Å²) in [5, 5.41) is 11.5. The topological polar surface area (TPSA) is 52.6 Å². The van der Waals surface area contributed by atoms with Crippen molar-refractivity contribution in [2.75, 3.05) is 33.8 Å². The van der Waals surface area contributed by atoms with E-state index < -0.39 is 5.82 Å². The first kappa shape index (κ1) is 16.2. The molecule has 5 heteroatoms. The minimum absolute atomic E-state index is 0.282. The standard InChI is InChI=1S/C15H19FN2O2/c1-18(2)9-4-8-17-15(20)14-7-6-13(16)11-12(14)5-3-10-19/h6-7,11,19H,4,8-10H2,1-2H3,(H,17,20). The number of amides is 1. The van der Waals surface area contributed by atoms with Gasteiger partial charge in [-0.15, -0.1) is 0 Å². The van der Waals surface area contributed by atoms with E-state index in [1.54, 1.807) is 0 Å². The minimum atomic E-state index is -0.462. The van der Waals surface area contributed by atoms with Gasteiger partial charge in [-0.3, -0.25) is 4.79 Å². The monoisotopic (exact) mass is 278 g/mol. The van der Waals surface area contributed by atoms with Crippen LogP contribution in [0.15, 0.2) is 18.2 Å². The summed E-state index contributed by atoms with van der Waals surface area (Å²) in [6.45, 7) is 1.09. The average molecular weight is 278 g/mol. The Morgan fingerprint density at radius 1 is 1.45 bits per heavy atom. The fourth-order valence-electron chi connectivity index (χ4n) is 1.65. The highest BCUT2D eigenvalue weighted by molar-refractivity contribution is 5.96. The van der Waals surface area contributed by atoms with Gasteiger partial charge in [0.15, 0.2) is 0 Å². The number of rotatable bonds is 5. The molecule has 0 saturated heterocycles. The molecular weight excluding hydrogens is 259 g/mol. The lowest BCUT2D eigenvalue weighted by Gasteiger charge is -2.10. The first-order valence-corrected chi connectivity index (χ1v) is 6.37. The summed E-state index contributed by atoms with van der Waals surface area (Å²) in [6, 6.07) is 3.81. The Kier molecular flexibility index (Phi) is 6.71. The van der Waals surface area contributed by atoms with Gasteiger partial charge in [0.1, 0.15) is 12.4 Å². The lowest BCUT2D eigenvalue weighted by atomic mass is 10.1. The molecule has 0 bridgehead atoms. The van der Waals surface area contributed by atoms with E-state index in [-0.39, 0.29) is 18.1 Å². The number of aliphatic hydroxyl groups is 1. The zero-order valence-electron chi connectivity index (χ0n) is 11.7. The first-order valence-electron chi connectivity index (χ1n) is 6.37. The third-order valence-electron chi connectivity index (χ3n) is 2.60. The summed E-state index contributed by atoms with van der Waals surface area (Å²) < 4.78 is 13.2. The normalized spacial score (nSPS) is 10.1. The molecule has 1 rings (SSSR count). The molecule has 0 aromatic heterocycles. The third-order valence-corrected chi connectivity index (χ3v) is 2.60. The van der Waals surface area contributed by atoms with E-state index in [4.69, 9.17) is 5.11 Å². The Hall–Kier alpha value is -1.90. The maximum absolute atomic E-state index is 13.2. The molecule has 1 aromatic carbocycles. The number of nitrogens with zero attached hydrogens (tertiary/aromatic N) is 1. The highest BCUT2D eigenvalue weighted by Gasteiger charge is 2.10. The summed E-state index contributed by atoms with van der Waals surface area (Å²) in [5.74, 6) is 4.26. The molecule has 0 heterocycles. The van der Waals surface area contributed by atoms with Crippen LogP contribution in [-0.4, -0.2) is 49.7 Å². The summed E-state index contributed by atoms with van der Waals surface area (Å²) in [4.78, 5) is 14.0. The van der Waals surface area contributed by atoms with Crippen LogP contribution in [0, 0.1) is 17.7 Å². The highest BCUT2D eigenvalue weighted by Crippen LogP contribution is 2.10. The van der Waals surface area contributed by atoms with E-state index in [1.807, 2.05) is 19.0 Å². The molecule has 0 unspecified atom stereocenters. The summed E-state index contributed by atoms with van der Waals surface area (Å²) >= 11 is 0. The molecule has 1 aromatic rings. The van der Waals surface area contributed by atoms with Crippen LogP contribution in [0.1, 0.15) is 22.3 Å². The van der Waals surface area contributed by atoms with Gasteiger partial charge >= 0.3 is 0 Å². The fraction of sp³-hybridized carbons (Fsp3) is 0.400. The third kappa shape index (κ3) is 5.39. The maximum atomic E-state index is 13.2. The SMILES string of the molecule is CN(C)CCCNC(=O)c1ccc(F)cc1C#CCO. The summed E-state index contributed by atoms with van der Waals surface area (Å²) in [7, 11) is 3.93. The van der Waals surface area contributed by atoms with Gasteiger partial charge in [-0.05, 0) is 45.3 Å². The molecule has 1 amide bonds. The van der Waals surface area contributed by atoms with Crippen molar-refractivity contribution in [1.82, 2.24) is 10.2 Å². The molecule has 0 atom stereocenters. The zero-order valence-corrected chi connectivity index (χ0v) is 11.7. The quantitative estimate of drug-likeness (QED) is 0.620. The number of nitrogens with one attached hydrogen (secondary N) is 1. The van der Waals surface area contributed by atoms with Crippen molar-refractivity contribution < 1.29 is 14.3 Å². The van der Waals surface area contributed by atoms with Crippen molar-refractivity contribution in [3.8, 4) is 11.8 Å². The number of benzene rings is 1. The van der Waals surface area contributed by atoms with Gasteiger partial charge in [-0.25, -0.2) is 4.39 Å². The van der Waals surface area contributed by atoms with Crippen LogP contribution >= 0.6 is 0 Å². The fourth-order valence-corrected chi connectivity index (χ4v) is 1.65. The van der Waals surface area contributed by atoms with E-state index in [9.17, 15) is 9.18 Å². The summed E-state index contributed by atoms with van der Waals surface area (Å²) in [5.41, 5.74) is 0.598. The molecule has 0 saturated carbocycles. The molecule has 0 aliphatic carbocycles. The minimum Gasteiger partial charge on any atom is -0.384 e. The number of carbonyl (C=O) groups excluding carboxylic acids is 1. The Labute approximate surface area is 118 Å². The van der Waals surface area contributed by atoms with Gasteiger partial charge in [0.05, 0.1) is 5.56 Å². The van der Waals surface area contributed by atoms with Crippen molar-refractivity contribution in [3.05, 3.63) is 35.1 Å². The zero-order chi connectivity index (χ0) is 15.0.